The Morgan fingerprint density at radius 3 is 2.55 bits per heavy atom. The Hall–Kier alpha value is -2.10. The molecule has 4 rings (SSSR count). The number of carbonyl (C=O) groups is 1. The van der Waals surface area contributed by atoms with Gasteiger partial charge in [0.25, 0.3) is 0 Å². The lowest BCUT2D eigenvalue weighted by Crippen LogP contribution is -2.31. The second-order valence-electron chi connectivity index (χ2n) is 8.27. The van der Waals surface area contributed by atoms with E-state index in [4.69, 9.17) is 21.4 Å². The highest BCUT2D eigenvalue weighted by Crippen LogP contribution is 2.42. The van der Waals surface area contributed by atoms with Crippen molar-refractivity contribution in [1.82, 2.24) is 14.7 Å². The number of carboxylic acids is 1. The molecule has 0 radical (unpaired) electrons. The van der Waals surface area contributed by atoms with Crippen LogP contribution in [0.2, 0.25) is 5.02 Å². The fourth-order valence-electron chi connectivity index (χ4n) is 4.76. The first-order valence-corrected chi connectivity index (χ1v) is 10.5. The maximum Gasteiger partial charge on any atom is 0.418 e. The van der Waals surface area contributed by atoms with Crippen LogP contribution in [0.15, 0.2) is 30.5 Å². The van der Waals surface area contributed by atoms with Gasteiger partial charge >= 0.3 is 12.1 Å². The molecule has 1 unspecified atom stereocenters. The lowest BCUT2D eigenvalue weighted by Gasteiger charge is -2.26. The first-order chi connectivity index (χ1) is 14.6. The fourth-order valence-corrected chi connectivity index (χ4v) is 5.06. The molecule has 1 saturated heterocycles. The molecule has 1 saturated carbocycles. The van der Waals surface area contributed by atoms with Crippen molar-refractivity contribution >= 4 is 17.6 Å². The molecule has 0 amide bonds. The van der Waals surface area contributed by atoms with Gasteiger partial charge in [-0.1, -0.05) is 23.7 Å². The zero-order valence-corrected chi connectivity index (χ0v) is 17.6. The Kier molecular flexibility index (Phi) is 6.02. The SMILES string of the molecule is CC(N1C[C@H]2C[C@H](OCc3cccc(Cl)c3C(F)(F)F)C[C@H]2C1)n1ccc(C(=O)O)n1. The van der Waals surface area contributed by atoms with Crippen molar-refractivity contribution in [2.24, 2.45) is 11.8 Å². The summed E-state index contributed by atoms with van der Waals surface area (Å²) < 4.78 is 47.5. The number of carboxylic acid groups (broad SMARTS) is 1. The lowest BCUT2D eigenvalue weighted by molar-refractivity contribution is -0.139. The van der Waals surface area contributed by atoms with Gasteiger partial charge in [0.15, 0.2) is 5.69 Å². The number of aromatic carboxylic acids is 1. The minimum absolute atomic E-state index is 0.0129. The van der Waals surface area contributed by atoms with Gasteiger partial charge in [-0.25, -0.2) is 4.79 Å². The van der Waals surface area contributed by atoms with Crippen molar-refractivity contribution in [3.63, 3.8) is 0 Å². The molecular formula is C21H23ClF3N3O3. The smallest absolute Gasteiger partial charge is 0.418 e. The predicted octanol–water partition coefficient (Wildman–Crippen LogP) is 4.70. The lowest BCUT2D eigenvalue weighted by atomic mass is 10.0. The molecule has 168 valence electrons. The van der Waals surface area contributed by atoms with Crippen LogP contribution in [0.1, 0.15) is 47.5 Å². The molecule has 1 aromatic heterocycles. The van der Waals surface area contributed by atoms with Gasteiger partial charge in [-0.2, -0.15) is 18.3 Å². The van der Waals surface area contributed by atoms with Gasteiger partial charge in [-0.3, -0.25) is 9.58 Å². The van der Waals surface area contributed by atoms with E-state index >= 15 is 0 Å². The minimum atomic E-state index is -4.52. The Labute approximate surface area is 182 Å². The summed E-state index contributed by atoms with van der Waals surface area (Å²) in [6.07, 6.45) is -1.44. The van der Waals surface area contributed by atoms with E-state index in [9.17, 15) is 18.0 Å². The van der Waals surface area contributed by atoms with E-state index in [-0.39, 0.29) is 35.2 Å². The normalized spacial score (nSPS) is 25.0. The van der Waals surface area contributed by atoms with Gasteiger partial charge in [0.2, 0.25) is 0 Å². The molecule has 6 nitrogen and oxygen atoms in total. The van der Waals surface area contributed by atoms with E-state index in [1.165, 1.54) is 24.3 Å². The van der Waals surface area contributed by atoms with Crippen LogP contribution >= 0.6 is 11.6 Å². The molecule has 31 heavy (non-hydrogen) atoms. The maximum atomic E-state index is 13.3. The zero-order valence-electron chi connectivity index (χ0n) is 16.8. The van der Waals surface area contributed by atoms with E-state index in [1.807, 2.05) is 6.92 Å². The van der Waals surface area contributed by atoms with Crippen molar-refractivity contribution < 1.29 is 27.8 Å². The monoisotopic (exact) mass is 457 g/mol. The third-order valence-corrected chi connectivity index (χ3v) is 6.65. The van der Waals surface area contributed by atoms with Crippen LogP contribution in [0.25, 0.3) is 0 Å². The number of alkyl halides is 3. The number of hydrogen-bond acceptors (Lipinski definition) is 4. The number of hydrogen-bond donors (Lipinski definition) is 1. The van der Waals surface area contributed by atoms with Gasteiger partial charge in [0.05, 0.1) is 23.3 Å². The largest absolute Gasteiger partial charge is 0.476 e. The van der Waals surface area contributed by atoms with Gasteiger partial charge in [0.1, 0.15) is 6.17 Å². The molecule has 4 atom stereocenters. The van der Waals surface area contributed by atoms with Crippen molar-refractivity contribution in [2.45, 2.75) is 44.8 Å². The van der Waals surface area contributed by atoms with E-state index in [0.717, 1.165) is 25.9 Å². The van der Waals surface area contributed by atoms with Crippen LogP contribution in [0, 0.1) is 11.8 Å². The predicted molar refractivity (Wildman–Crippen MR) is 107 cm³/mol. The number of benzene rings is 1. The quantitative estimate of drug-likeness (QED) is 0.681. The number of rotatable bonds is 6. The molecule has 2 aromatic rings. The number of fused-ring (bicyclic) bond motifs is 1. The van der Waals surface area contributed by atoms with E-state index in [0.29, 0.717) is 11.8 Å². The van der Waals surface area contributed by atoms with E-state index in [1.54, 1.807) is 10.9 Å². The summed E-state index contributed by atoms with van der Waals surface area (Å²) in [4.78, 5) is 13.3. The third-order valence-electron chi connectivity index (χ3n) is 6.33. The molecule has 2 heterocycles. The number of halogens is 4. The average Bonchev–Trinajstić information content (AvgIpc) is 3.39. The van der Waals surface area contributed by atoms with Crippen molar-refractivity contribution in [2.75, 3.05) is 13.1 Å². The summed E-state index contributed by atoms with van der Waals surface area (Å²) in [6.45, 7) is 3.49. The summed E-state index contributed by atoms with van der Waals surface area (Å²) in [6, 6.07) is 5.63. The van der Waals surface area contributed by atoms with Gasteiger partial charge in [0, 0.05) is 19.3 Å². The summed E-state index contributed by atoms with van der Waals surface area (Å²) in [5.41, 5.74) is -0.756. The van der Waals surface area contributed by atoms with E-state index in [2.05, 4.69) is 10.00 Å². The van der Waals surface area contributed by atoms with Gasteiger partial charge < -0.3 is 9.84 Å². The van der Waals surface area contributed by atoms with Crippen LogP contribution in [0.5, 0.6) is 0 Å². The standard InChI is InChI=1S/C21H23ClF3N3O3/c1-12(28-6-5-18(26-28)20(29)30)27-9-14-7-16(8-15(14)10-27)31-11-13-3-2-4-17(22)19(13)21(23,24)25/h2-6,12,14-16H,7-11H2,1H3,(H,29,30)/t12?,14-,15+,16+. The second-order valence-corrected chi connectivity index (χ2v) is 8.68. The van der Waals surface area contributed by atoms with Crippen LogP contribution < -0.4 is 0 Å². The molecule has 1 aromatic carbocycles. The second kappa shape index (κ2) is 8.44. The maximum absolute atomic E-state index is 13.3. The molecule has 10 heteroatoms. The molecule has 2 fully saturated rings. The van der Waals surface area contributed by atoms with Crippen molar-refractivity contribution in [1.29, 1.82) is 0 Å². The Morgan fingerprint density at radius 1 is 1.29 bits per heavy atom. The van der Waals surface area contributed by atoms with Crippen LogP contribution in [0.3, 0.4) is 0 Å². The molecule has 1 aliphatic heterocycles. The summed E-state index contributed by atoms with van der Waals surface area (Å²) in [5.74, 6) is -0.274. The zero-order chi connectivity index (χ0) is 22.3. The molecule has 1 aliphatic carbocycles. The average molecular weight is 458 g/mol. The Balaban J connectivity index is 1.33. The summed E-state index contributed by atoms with van der Waals surface area (Å²) in [7, 11) is 0. The fraction of sp³-hybridized carbons (Fsp3) is 0.524. The van der Waals surface area contributed by atoms with Crippen molar-refractivity contribution in [3.8, 4) is 0 Å². The number of ether oxygens (including phenoxy) is 1. The highest BCUT2D eigenvalue weighted by atomic mass is 35.5. The van der Waals surface area contributed by atoms with Crippen molar-refractivity contribution in [3.05, 3.63) is 52.3 Å². The number of aromatic nitrogens is 2. The number of likely N-dealkylation sites (tertiary alicyclic amines) is 1. The molecule has 0 bridgehead atoms. The first kappa shape index (κ1) is 22.1. The minimum Gasteiger partial charge on any atom is -0.476 e. The molecule has 1 N–H and O–H groups in total. The van der Waals surface area contributed by atoms with Gasteiger partial charge in [-0.05, 0) is 49.3 Å². The topological polar surface area (TPSA) is 67.6 Å². The Bertz CT molecular complexity index is 951. The highest BCUT2D eigenvalue weighted by molar-refractivity contribution is 6.31. The summed E-state index contributed by atoms with van der Waals surface area (Å²) >= 11 is 5.78. The van der Waals surface area contributed by atoms with Crippen LogP contribution in [-0.4, -0.2) is 44.9 Å². The first-order valence-electron chi connectivity index (χ1n) is 10.1. The molecular weight excluding hydrogens is 435 g/mol. The summed E-state index contributed by atoms with van der Waals surface area (Å²) in [5, 5.41) is 12.8. The molecule has 0 spiro atoms. The Morgan fingerprint density at radius 2 is 1.97 bits per heavy atom. The van der Waals surface area contributed by atoms with Crippen LogP contribution in [0.4, 0.5) is 13.2 Å². The highest BCUT2D eigenvalue weighted by Gasteiger charge is 2.43. The molecule has 2 aliphatic rings. The van der Waals surface area contributed by atoms with E-state index < -0.39 is 17.7 Å². The van der Waals surface area contributed by atoms with Gasteiger partial charge in [-0.15, -0.1) is 0 Å². The third kappa shape index (κ3) is 4.58. The number of nitrogens with zero attached hydrogens (tertiary/aromatic N) is 3. The van der Waals surface area contributed by atoms with Crippen LogP contribution in [-0.2, 0) is 17.5 Å².